The highest BCUT2D eigenvalue weighted by molar-refractivity contribution is 7.13. The van der Waals surface area contributed by atoms with Crippen LogP contribution in [0, 0.1) is 11.8 Å². The van der Waals surface area contributed by atoms with E-state index in [0.717, 1.165) is 47.7 Å². The Labute approximate surface area is 204 Å². The van der Waals surface area contributed by atoms with Crippen LogP contribution in [0.2, 0.25) is 0 Å². The molecule has 32 heavy (non-hydrogen) atoms. The molecule has 6 nitrogen and oxygen atoms in total. The van der Waals surface area contributed by atoms with Crippen LogP contribution in [0.4, 0.5) is 5.69 Å². The molecule has 0 saturated carbocycles. The molecular formula is C23H26Cl2N4O2S. The van der Waals surface area contributed by atoms with Gasteiger partial charge >= 0.3 is 0 Å². The van der Waals surface area contributed by atoms with Crippen molar-refractivity contribution < 1.29 is 9.53 Å². The van der Waals surface area contributed by atoms with E-state index in [9.17, 15) is 4.79 Å². The maximum absolute atomic E-state index is 12.3. The Hall–Kier alpha value is -2.50. The number of fused-ring (bicyclic) bond motifs is 1. The molecule has 2 aromatic carbocycles. The lowest BCUT2D eigenvalue weighted by Crippen LogP contribution is -2.46. The van der Waals surface area contributed by atoms with Crippen molar-refractivity contribution in [2.75, 3.05) is 51.3 Å². The van der Waals surface area contributed by atoms with E-state index in [4.69, 9.17) is 4.74 Å². The van der Waals surface area contributed by atoms with Gasteiger partial charge in [0.25, 0.3) is 5.91 Å². The van der Waals surface area contributed by atoms with Crippen molar-refractivity contribution in [1.29, 1.82) is 0 Å². The lowest BCUT2D eigenvalue weighted by atomic mass is 10.2. The number of carbonyl (C=O) groups is 1. The number of hydrogen-bond acceptors (Lipinski definition) is 6. The summed E-state index contributed by atoms with van der Waals surface area (Å²) in [4.78, 5) is 17.0. The van der Waals surface area contributed by atoms with Gasteiger partial charge in [-0.3, -0.25) is 9.69 Å². The number of ether oxygens (including phenoxy) is 1. The molecule has 3 aromatic rings. The van der Waals surface area contributed by atoms with Gasteiger partial charge in [0.05, 0.1) is 30.6 Å². The molecule has 4 rings (SSSR count). The van der Waals surface area contributed by atoms with Crippen molar-refractivity contribution in [3.63, 3.8) is 0 Å². The van der Waals surface area contributed by atoms with Crippen LogP contribution >= 0.6 is 36.3 Å². The molecule has 0 unspecified atom stereocenters. The van der Waals surface area contributed by atoms with Crippen molar-refractivity contribution in [3.05, 3.63) is 54.2 Å². The minimum atomic E-state index is -0.174. The summed E-state index contributed by atoms with van der Waals surface area (Å²) in [6.07, 6.45) is 0. The Bertz CT molecular complexity index is 1090. The van der Waals surface area contributed by atoms with Crippen LogP contribution < -0.4 is 15.0 Å². The summed E-state index contributed by atoms with van der Waals surface area (Å²) in [5, 5.41) is 3.74. The van der Waals surface area contributed by atoms with Gasteiger partial charge in [-0.1, -0.05) is 42.2 Å². The molecule has 2 heterocycles. The van der Waals surface area contributed by atoms with Crippen LogP contribution in [-0.4, -0.2) is 61.6 Å². The third kappa shape index (κ3) is 6.05. The Morgan fingerprint density at radius 1 is 1.06 bits per heavy atom. The van der Waals surface area contributed by atoms with Crippen LogP contribution in [0.15, 0.2) is 48.5 Å². The number of para-hydroxylation sites is 2. The molecule has 1 amide bonds. The Morgan fingerprint density at radius 3 is 2.56 bits per heavy atom. The molecule has 0 radical (unpaired) electrons. The van der Waals surface area contributed by atoms with Crippen molar-refractivity contribution in [1.82, 2.24) is 14.6 Å². The smallest absolute Gasteiger partial charge is 0.272 e. The Morgan fingerprint density at radius 2 is 1.78 bits per heavy atom. The third-order valence-electron chi connectivity index (χ3n) is 5.16. The Balaban J connectivity index is 0.00000181. The van der Waals surface area contributed by atoms with Crippen molar-refractivity contribution in [2.45, 2.75) is 0 Å². The van der Waals surface area contributed by atoms with Gasteiger partial charge in [-0.25, -0.2) is 0 Å². The van der Waals surface area contributed by atoms with Crippen LogP contribution in [-0.2, 0) is 0 Å². The number of nitrogens with zero attached hydrogens (tertiary/aromatic N) is 3. The van der Waals surface area contributed by atoms with Gasteiger partial charge in [0, 0.05) is 31.6 Å². The van der Waals surface area contributed by atoms with Crippen LogP contribution in [0.25, 0.3) is 10.1 Å². The highest BCUT2D eigenvalue weighted by Crippen LogP contribution is 2.28. The zero-order valence-electron chi connectivity index (χ0n) is 17.7. The van der Waals surface area contributed by atoms with Gasteiger partial charge < -0.3 is 15.0 Å². The molecule has 170 valence electrons. The van der Waals surface area contributed by atoms with E-state index >= 15 is 0 Å². The minimum absolute atomic E-state index is 0. The summed E-state index contributed by atoms with van der Waals surface area (Å²) >= 11 is 1.34. The molecule has 9 heteroatoms. The second-order valence-corrected chi connectivity index (χ2v) is 7.80. The number of carbonyl (C=O) groups excluding carboxylic acids is 1. The van der Waals surface area contributed by atoms with Crippen molar-refractivity contribution >= 4 is 58.0 Å². The quantitative estimate of drug-likeness (QED) is 0.550. The first-order valence-electron chi connectivity index (χ1n) is 9.95. The number of amides is 1. The zero-order chi connectivity index (χ0) is 20.8. The molecule has 0 atom stereocenters. The minimum Gasteiger partial charge on any atom is -0.495 e. The normalized spacial score (nSPS) is 13.3. The number of hydrogen-bond donors (Lipinski definition) is 1. The number of anilines is 1. The van der Waals surface area contributed by atoms with E-state index in [1.807, 2.05) is 42.5 Å². The van der Waals surface area contributed by atoms with Crippen LogP contribution in [0.5, 0.6) is 5.75 Å². The number of halogens is 2. The van der Waals surface area contributed by atoms with Crippen molar-refractivity contribution in [2.24, 2.45) is 0 Å². The first-order valence-corrected chi connectivity index (χ1v) is 10.7. The molecule has 0 spiro atoms. The topological polar surface area (TPSA) is 57.7 Å². The summed E-state index contributed by atoms with van der Waals surface area (Å²) < 4.78 is 10.8. The molecule has 1 aliphatic rings. The van der Waals surface area contributed by atoms with Crippen LogP contribution in [0.1, 0.15) is 10.5 Å². The van der Waals surface area contributed by atoms with Gasteiger partial charge in [0.15, 0.2) is 0 Å². The van der Waals surface area contributed by atoms with Crippen molar-refractivity contribution in [3.8, 4) is 17.6 Å². The second kappa shape index (κ2) is 12.5. The third-order valence-corrected chi connectivity index (χ3v) is 5.98. The molecule has 0 bridgehead atoms. The number of piperazine rings is 1. The number of rotatable bonds is 5. The van der Waals surface area contributed by atoms with Gasteiger partial charge in [-0.05, 0) is 29.7 Å². The van der Waals surface area contributed by atoms with Gasteiger partial charge in [0.2, 0.25) is 0 Å². The standard InChI is InChI=1S/C23H24N4O2S.2ClH/c1-29-20-10-4-3-9-19(20)27-16-14-26(15-17-27)13-7-6-12-24-23(28)22-18-8-2-5-11-21(18)30-25-22;;/h2-5,8-11H,12-17H2,1H3,(H,24,28);2*1H. The maximum Gasteiger partial charge on any atom is 0.272 e. The highest BCUT2D eigenvalue weighted by atomic mass is 35.5. The average molecular weight is 493 g/mol. The fourth-order valence-electron chi connectivity index (χ4n) is 3.53. The summed E-state index contributed by atoms with van der Waals surface area (Å²) in [7, 11) is 1.71. The SMILES string of the molecule is COc1ccccc1N1CCN(CC#CCNC(=O)c2nsc3ccccc23)CC1.Cl.Cl. The molecule has 1 N–H and O–H groups in total. The maximum atomic E-state index is 12.3. The summed E-state index contributed by atoms with van der Waals surface area (Å²) in [5.41, 5.74) is 1.62. The summed E-state index contributed by atoms with van der Waals surface area (Å²) in [6, 6.07) is 15.9. The van der Waals surface area contributed by atoms with E-state index in [-0.39, 0.29) is 30.7 Å². The summed E-state index contributed by atoms with van der Waals surface area (Å²) in [5.74, 6) is 6.96. The molecule has 1 aliphatic heterocycles. The fourth-order valence-corrected chi connectivity index (χ4v) is 4.30. The molecule has 1 aromatic heterocycles. The predicted octanol–water partition coefficient (Wildman–Crippen LogP) is 3.70. The number of aromatic nitrogens is 1. The molecule has 1 saturated heterocycles. The van der Waals surface area contributed by atoms with Crippen LogP contribution in [0.3, 0.4) is 0 Å². The predicted molar refractivity (Wildman–Crippen MR) is 136 cm³/mol. The lowest BCUT2D eigenvalue weighted by Gasteiger charge is -2.35. The number of benzene rings is 2. The van der Waals surface area contributed by atoms with E-state index in [0.29, 0.717) is 18.8 Å². The lowest BCUT2D eigenvalue weighted by molar-refractivity contribution is 0.0956. The number of nitrogens with one attached hydrogen (secondary N) is 1. The van der Waals surface area contributed by atoms with E-state index in [1.165, 1.54) is 11.5 Å². The highest BCUT2D eigenvalue weighted by Gasteiger charge is 2.18. The number of methoxy groups -OCH3 is 1. The van der Waals surface area contributed by atoms with Gasteiger partial charge in [0.1, 0.15) is 11.4 Å². The fraction of sp³-hybridized carbons (Fsp3) is 0.304. The van der Waals surface area contributed by atoms with Gasteiger partial charge in [-0.15, -0.1) is 24.8 Å². The summed E-state index contributed by atoms with van der Waals surface area (Å²) in [6.45, 7) is 4.81. The van der Waals surface area contributed by atoms with E-state index < -0.39 is 0 Å². The second-order valence-electron chi connectivity index (χ2n) is 7.00. The largest absolute Gasteiger partial charge is 0.495 e. The Kier molecular flexibility index (Phi) is 10.1. The van der Waals surface area contributed by atoms with Gasteiger partial charge in [-0.2, -0.15) is 4.37 Å². The monoisotopic (exact) mass is 492 g/mol. The molecule has 1 fully saturated rings. The first kappa shape index (κ1) is 25.8. The first-order chi connectivity index (χ1) is 14.8. The molecular weight excluding hydrogens is 467 g/mol. The van der Waals surface area contributed by atoms with E-state index in [1.54, 1.807) is 7.11 Å². The zero-order valence-corrected chi connectivity index (χ0v) is 20.2. The average Bonchev–Trinajstić information content (AvgIpc) is 3.23. The van der Waals surface area contributed by atoms with E-state index in [2.05, 4.69) is 37.4 Å². The molecule has 0 aliphatic carbocycles.